The SMILES string of the molecule is O=C(NCC1(O)CCSCC1)C1CCC2CCCCC2C1. The molecule has 3 atom stereocenters. The fourth-order valence-corrected chi connectivity index (χ4v) is 5.69. The lowest BCUT2D eigenvalue weighted by Gasteiger charge is -2.39. The van der Waals surface area contributed by atoms with Crippen LogP contribution in [-0.4, -0.2) is 34.7 Å². The summed E-state index contributed by atoms with van der Waals surface area (Å²) in [6.45, 7) is 0.455. The molecule has 3 unspecified atom stereocenters. The van der Waals surface area contributed by atoms with Gasteiger partial charge in [0.2, 0.25) is 5.91 Å². The summed E-state index contributed by atoms with van der Waals surface area (Å²) < 4.78 is 0. The van der Waals surface area contributed by atoms with Gasteiger partial charge in [0.05, 0.1) is 5.60 Å². The standard InChI is InChI=1S/C17H29NO2S/c19-16(18-12-17(20)7-9-21-10-8-17)15-6-5-13-3-1-2-4-14(13)11-15/h13-15,20H,1-12H2,(H,18,19). The Hall–Kier alpha value is -0.220. The first kappa shape index (κ1) is 15.7. The van der Waals surface area contributed by atoms with Gasteiger partial charge in [0, 0.05) is 12.5 Å². The number of hydrogen-bond donors (Lipinski definition) is 2. The second-order valence-corrected chi connectivity index (χ2v) is 8.59. The lowest BCUT2D eigenvalue weighted by molar-refractivity contribution is -0.128. The number of amides is 1. The topological polar surface area (TPSA) is 49.3 Å². The summed E-state index contributed by atoms with van der Waals surface area (Å²) in [5.41, 5.74) is -0.650. The van der Waals surface area contributed by atoms with Gasteiger partial charge in [-0.25, -0.2) is 0 Å². The molecule has 4 heteroatoms. The first-order valence-electron chi connectivity index (χ1n) is 8.74. The molecular weight excluding hydrogens is 282 g/mol. The molecule has 3 rings (SSSR count). The summed E-state index contributed by atoms with van der Waals surface area (Å²) in [7, 11) is 0. The van der Waals surface area contributed by atoms with Crippen LogP contribution in [0.25, 0.3) is 0 Å². The van der Waals surface area contributed by atoms with Crippen LogP contribution in [0.5, 0.6) is 0 Å². The molecule has 1 heterocycles. The van der Waals surface area contributed by atoms with Gasteiger partial charge in [0.15, 0.2) is 0 Å². The van der Waals surface area contributed by atoms with Crippen LogP contribution in [0, 0.1) is 17.8 Å². The van der Waals surface area contributed by atoms with E-state index >= 15 is 0 Å². The fraction of sp³-hybridized carbons (Fsp3) is 0.941. The van der Waals surface area contributed by atoms with E-state index in [4.69, 9.17) is 0 Å². The van der Waals surface area contributed by atoms with E-state index in [0.29, 0.717) is 6.54 Å². The highest BCUT2D eigenvalue weighted by Gasteiger charge is 2.36. The molecule has 1 aliphatic heterocycles. The third kappa shape index (κ3) is 3.95. The third-order valence-corrected chi connectivity index (χ3v) is 6.91. The molecule has 0 aromatic heterocycles. The molecule has 0 spiro atoms. The Labute approximate surface area is 132 Å². The van der Waals surface area contributed by atoms with Crippen molar-refractivity contribution in [3.8, 4) is 0 Å². The molecule has 21 heavy (non-hydrogen) atoms. The number of carbonyl (C=O) groups excluding carboxylic acids is 1. The van der Waals surface area contributed by atoms with Crippen LogP contribution < -0.4 is 5.32 Å². The number of hydrogen-bond acceptors (Lipinski definition) is 3. The molecule has 1 amide bonds. The fourth-order valence-electron chi connectivity index (χ4n) is 4.44. The molecule has 0 bridgehead atoms. The summed E-state index contributed by atoms with van der Waals surface area (Å²) in [5.74, 6) is 4.11. The largest absolute Gasteiger partial charge is 0.388 e. The van der Waals surface area contributed by atoms with E-state index in [1.165, 1.54) is 32.1 Å². The van der Waals surface area contributed by atoms with Crippen molar-refractivity contribution in [2.75, 3.05) is 18.1 Å². The molecule has 1 saturated heterocycles. The average molecular weight is 311 g/mol. The van der Waals surface area contributed by atoms with Gasteiger partial charge >= 0.3 is 0 Å². The normalized spacial score (nSPS) is 35.8. The van der Waals surface area contributed by atoms with Gasteiger partial charge in [-0.05, 0) is 55.4 Å². The first-order valence-corrected chi connectivity index (χ1v) is 9.90. The van der Waals surface area contributed by atoms with E-state index in [2.05, 4.69) is 5.32 Å². The van der Waals surface area contributed by atoms with Crippen LogP contribution in [-0.2, 0) is 4.79 Å². The monoisotopic (exact) mass is 311 g/mol. The van der Waals surface area contributed by atoms with E-state index in [9.17, 15) is 9.90 Å². The highest BCUT2D eigenvalue weighted by Crippen LogP contribution is 2.42. The lowest BCUT2D eigenvalue weighted by Crippen LogP contribution is -2.47. The van der Waals surface area contributed by atoms with Crippen molar-refractivity contribution < 1.29 is 9.90 Å². The number of fused-ring (bicyclic) bond motifs is 1. The molecule has 2 N–H and O–H groups in total. The summed E-state index contributed by atoms with van der Waals surface area (Å²) >= 11 is 1.90. The Balaban J connectivity index is 1.47. The van der Waals surface area contributed by atoms with Crippen LogP contribution in [0.15, 0.2) is 0 Å². The summed E-state index contributed by atoms with van der Waals surface area (Å²) in [6.07, 6.45) is 10.5. The van der Waals surface area contributed by atoms with Crippen LogP contribution >= 0.6 is 11.8 Å². The molecule has 3 fully saturated rings. The molecule has 120 valence electrons. The molecule has 2 aliphatic carbocycles. The maximum atomic E-state index is 12.4. The van der Waals surface area contributed by atoms with Crippen LogP contribution in [0.4, 0.5) is 0 Å². The molecular formula is C17H29NO2S. The van der Waals surface area contributed by atoms with Crippen molar-refractivity contribution in [2.24, 2.45) is 17.8 Å². The van der Waals surface area contributed by atoms with Crippen molar-refractivity contribution in [3.63, 3.8) is 0 Å². The third-order valence-electron chi connectivity index (χ3n) is 5.93. The number of aliphatic hydroxyl groups is 1. The van der Waals surface area contributed by atoms with Crippen molar-refractivity contribution in [1.29, 1.82) is 0 Å². The molecule has 2 saturated carbocycles. The Kier molecular flexibility index (Phi) is 5.15. The minimum Gasteiger partial charge on any atom is -0.388 e. The van der Waals surface area contributed by atoms with Gasteiger partial charge in [-0.3, -0.25) is 4.79 Å². The van der Waals surface area contributed by atoms with E-state index in [1.54, 1.807) is 0 Å². The van der Waals surface area contributed by atoms with Crippen molar-refractivity contribution in [2.45, 2.75) is 63.4 Å². The van der Waals surface area contributed by atoms with Gasteiger partial charge < -0.3 is 10.4 Å². The smallest absolute Gasteiger partial charge is 0.223 e. The molecule has 0 aromatic carbocycles. The minimum absolute atomic E-state index is 0.200. The van der Waals surface area contributed by atoms with Crippen molar-refractivity contribution in [3.05, 3.63) is 0 Å². The molecule has 0 radical (unpaired) electrons. The Morgan fingerprint density at radius 2 is 1.81 bits per heavy atom. The van der Waals surface area contributed by atoms with Gasteiger partial charge in [0.1, 0.15) is 0 Å². The molecule has 3 nitrogen and oxygen atoms in total. The van der Waals surface area contributed by atoms with Crippen LogP contribution in [0.3, 0.4) is 0 Å². The zero-order valence-corrected chi connectivity index (χ0v) is 13.8. The summed E-state index contributed by atoms with van der Waals surface area (Å²) in [5, 5.41) is 13.5. The lowest BCUT2D eigenvalue weighted by atomic mass is 9.67. The van der Waals surface area contributed by atoms with Crippen LogP contribution in [0.1, 0.15) is 57.8 Å². The second-order valence-electron chi connectivity index (χ2n) is 7.37. The Bertz CT molecular complexity index is 368. The average Bonchev–Trinajstić information content (AvgIpc) is 2.53. The van der Waals surface area contributed by atoms with Crippen molar-refractivity contribution >= 4 is 17.7 Å². The zero-order chi connectivity index (χ0) is 14.7. The van der Waals surface area contributed by atoms with E-state index < -0.39 is 5.60 Å². The summed E-state index contributed by atoms with van der Waals surface area (Å²) in [6, 6.07) is 0. The summed E-state index contributed by atoms with van der Waals surface area (Å²) in [4.78, 5) is 12.4. The number of carbonyl (C=O) groups is 1. The second kappa shape index (κ2) is 6.91. The van der Waals surface area contributed by atoms with E-state index in [1.807, 2.05) is 11.8 Å². The number of rotatable bonds is 3. The Morgan fingerprint density at radius 1 is 1.10 bits per heavy atom. The predicted octanol–water partition coefficient (Wildman–Crippen LogP) is 2.97. The van der Waals surface area contributed by atoms with Gasteiger partial charge in [-0.2, -0.15) is 11.8 Å². The molecule has 3 aliphatic rings. The van der Waals surface area contributed by atoms with Crippen molar-refractivity contribution in [1.82, 2.24) is 5.32 Å². The first-order chi connectivity index (χ1) is 10.2. The highest BCUT2D eigenvalue weighted by molar-refractivity contribution is 7.99. The Morgan fingerprint density at radius 3 is 2.57 bits per heavy atom. The number of nitrogens with one attached hydrogen (secondary N) is 1. The highest BCUT2D eigenvalue weighted by atomic mass is 32.2. The molecule has 0 aromatic rings. The van der Waals surface area contributed by atoms with Gasteiger partial charge in [-0.15, -0.1) is 0 Å². The van der Waals surface area contributed by atoms with Gasteiger partial charge in [0.25, 0.3) is 0 Å². The number of thioether (sulfide) groups is 1. The van der Waals surface area contributed by atoms with E-state index in [-0.39, 0.29) is 11.8 Å². The zero-order valence-electron chi connectivity index (χ0n) is 13.0. The predicted molar refractivity (Wildman–Crippen MR) is 87.3 cm³/mol. The van der Waals surface area contributed by atoms with E-state index in [0.717, 1.165) is 49.0 Å². The van der Waals surface area contributed by atoms with Crippen LogP contribution in [0.2, 0.25) is 0 Å². The quantitative estimate of drug-likeness (QED) is 0.842. The maximum Gasteiger partial charge on any atom is 0.223 e. The minimum atomic E-state index is -0.650. The van der Waals surface area contributed by atoms with Gasteiger partial charge in [-0.1, -0.05) is 25.7 Å². The maximum absolute atomic E-state index is 12.4.